The third kappa shape index (κ3) is 15.9. The van der Waals surface area contributed by atoms with Crippen molar-refractivity contribution in [3.8, 4) is 22.5 Å². The molecular weight excluding hydrogens is 963 g/mol. The monoisotopic (exact) mass is 1040 g/mol. The predicted molar refractivity (Wildman–Crippen MR) is 297 cm³/mol. The molecule has 4 heterocycles. The number of benzene rings is 4. The molecule has 0 unspecified atom stereocenters. The van der Waals surface area contributed by atoms with Crippen LogP contribution in [0.5, 0.6) is 0 Å². The summed E-state index contributed by atoms with van der Waals surface area (Å²) in [5.74, 6) is -0.349. The first-order valence-electron chi connectivity index (χ1n) is 27.2. The second kappa shape index (κ2) is 29.0. The quantitative estimate of drug-likeness (QED) is 0.105. The molecule has 2 aliphatic heterocycles. The maximum Gasteiger partial charge on any atom is 0.339 e. The van der Waals surface area contributed by atoms with Gasteiger partial charge in [0.2, 0.25) is 11.9 Å². The van der Waals surface area contributed by atoms with Gasteiger partial charge in [0.1, 0.15) is 17.2 Å². The number of aryl methyl sites for hydroxylation is 1. The molecule has 0 radical (unpaired) electrons. The number of carboxylic acids is 1. The number of ether oxygens (including phenoxy) is 2. The van der Waals surface area contributed by atoms with Gasteiger partial charge in [0.25, 0.3) is 5.91 Å². The minimum atomic E-state index is -1.19. The predicted octanol–water partition coefficient (Wildman–Crippen LogP) is 11.7. The third-order valence-corrected chi connectivity index (χ3v) is 14.4. The normalized spacial score (nSPS) is 15.6. The molecule has 1 amide bonds. The van der Waals surface area contributed by atoms with Crippen LogP contribution in [-0.4, -0.2) is 124 Å². The molecule has 0 atom stereocenters. The molecule has 4 aromatic carbocycles. The first-order chi connectivity index (χ1) is 36.9. The highest BCUT2D eigenvalue weighted by Crippen LogP contribution is 2.33. The second-order valence-electron chi connectivity index (χ2n) is 20.2. The molecule has 76 heavy (non-hydrogen) atoms. The van der Waals surface area contributed by atoms with Gasteiger partial charge in [-0.3, -0.25) is 9.69 Å². The van der Waals surface area contributed by atoms with Crippen molar-refractivity contribution in [2.24, 2.45) is 5.92 Å². The van der Waals surface area contributed by atoms with Gasteiger partial charge in [0.15, 0.2) is 0 Å². The number of morpholine rings is 2. The summed E-state index contributed by atoms with van der Waals surface area (Å²) in [5, 5.41) is 9.28. The number of carboxylic acid groups (broad SMARTS) is 1. The highest BCUT2D eigenvalue weighted by atomic mass is 19.1. The molecule has 15 heteroatoms. The summed E-state index contributed by atoms with van der Waals surface area (Å²) in [6.07, 6.45) is 13.0. The van der Waals surface area contributed by atoms with Crippen LogP contribution >= 0.6 is 0 Å². The lowest BCUT2D eigenvalue weighted by molar-refractivity contribution is 0.0556. The Kier molecular flexibility index (Phi) is 21.8. The van der Waals surface area contributed by atoms with E-state index in [1.165, 1.54) is 62.1 Å². The fraction of sp³-hybridized carbons (Fsp3) is 0.443. The van der Waals surface area contributed by atoms with Gasteiger partial charge in [0, 0.05) is 74.4 Å². The molecule has 4 fully saturated rings. The highest BCUT2D eigenvalue weighted by molar-refractivity contribution is 6.00. The van der Waals surface area contributed by atoms with E-state index in [9.17, 15) is 23.5 Å². The van der Waals surface area contributed by atoms with Crippen molar-refractivity contribution in [2.75, 3.05) is 69.0 Å². The van der Waals surface area contributed by atoms with Crippen molar-refractivity contribution < 1.29 is 33.0 Å². The minimum Gasteiger partial charge on any atom is -0.478 e. The van der Waals surface area contributed by atoms with Gasteiger partial charge in [-0.1, -0.05) is 111 Å². The van der Waals surface area contributed by atoms with Crippen molar-refractivity contribution in [3.05, 3.63) is 155 Å². The van der Waals surface area contributed by atoms with E-state index < -0.39 is 17.6 Å². The molecule has 2 saturated heterocycles. The SMILES string of the molecule is CCN(C(C)C)C(C)C.O=C(O)c1cnc(N2CCOCC2)nc1-c1ccccc1F.O=C(c1cnc(N2CCOCC2)nc1-c1ccccc1F)N(Cc1ccccc1)C1CCC1.c1ccc(CCC2CCC2)cc1. The number of hydrogen-bond acceptors (Lipinski definition) is 11. The average molecular weight is 1040 g/mol. The van der Waals surface area contributed by atoms with Crippen LogP contribution in [0.25, 0.3) is 22.5 Å². The number of amides is 1. The number of anilines is 2. The van der Waals surface area contributed by atoms with Crippen molar-refractivity contribution >= 4 is 23.8 Å². The Morgan fingerprint density at radius 1 is 0.632 bits per heavy atom. The van der Waals surface area contributed by atoms with Gasteiger partial charge >= 0.3 is 5.97 Å². The number of aromatic carboxylic acids is 1. The van der Waals surface area contributed by atoms with Crippen LogP contribution in [0.1, 0.15) is 111 Å². The molecule has 4 aliphatic rings. The molecule has 13 nitrogen and oxygen atoms in total. The van der Waals surface area contributed by atoms with Crippen LogP contribution in [0.3, 0.4) is 0 Å². The first kappa shape index (κ1) is 57.0. The summed E-state index contributed by atoms with van der Waals surface area (Å²) in [5.41, 5.74) is 3.67. The van der Waals surface area contributed by atoms with Gasteiger partial charge in [-0.15, -0.1) is 0 Å². The Morgan fingerprint density at radius 3 is 1.49 bits per heavy atom. The van der Waals surface area contributed by atoms with E-state index >= 15 is 0 Å². The Hall–Kier alpha value is -6.68. The zero-order valence-electron chi connectivity index (χ0n) is 45.0. The number of carbonyl (C=O) groups is 2. The first-order valence-corrected chi connectivity index (χ1v) is 27.2. The summed E-state index contributed by atoms with van der Waals surface area (Å²) in [4.78, 5) is 51.1. The fourth-order valence-electron chi connectivity index (χ4n) is 9.73. The van der Waals surface area contributed by atoms with Crippen molar-refractivity contribution in [3.63, 3.8) is 0 Å². The van der Waals surface area contributed by atoms with Crippen molar-refractivity contribution in [1.82, 2.24) is 29.7 Å². The van der Waals surface area contributed by atoms with Gasteiger partial charge in [0.05, 0.1) is 43.4 Å². The number of hydrogen-bond donors (Lipinski definition) is 1. The van der Waals surface area contributed by atoms with E-state index in [4.69, 9.17) is 14.5 Å². The van der Waals surface area contributed by atoms with Gasteiger partial charge < -0.3 is 29.3 Å². The Balaban J connectivity index is 0.000000167. The van der Waals surface area contributed by atoms with Crippen LogP contribution in [0.4, 0.5) is 20.7 Å². The lowest BCUT2D eigenvalue weighted by Crippen LogP contribution is -2.44. The highest BCUT2D eigenvalue weighted by Gasteiger charge is 2.32. The molecule has 2 saturated carbocycles. The van der Waals surface area contributed by atoms with E-state index in [0.29, 0.717) is 100.0 Å². The van der Waals surface area contributed by atoms with E-state index in [1.807, 2.05) is 45.0 Å². The number of halogens is 2. The van der Waals surface area contributed by atoms with Gasteiger partial charge in [-0.25, -0.2) is 33.5 Å². The zero-order chi connectivity index (χ0) is 53.8. The molecule has 1 N–H and O–H groups in total. The molecule has 0 bridgehead atoms. The lowest BCUT2D eigenvalue weighted by atomic mass is 9.81. The average Bonchev–Trinajstić information content (AvgIpc) is 3.41. The molecule has 2 aromatic heterocycles. The summed E-state index contributed by atoms with van der Waals surface area (Å²) in [6.45, 7) is 17.7. The van der Waals surface area contributed by atoms with E-state index in [0.717, 1.165) is 37.3 Å². The fourth-order valence-corrected chi connectivity index (χ4v) is 9.73. The van der Waals surface area contributed by atoms with Crippen LogP contribution in [0.15, 0.2) is 122 Å². The standard InChI is InChI=1S/C26H27FN4O2.C15H14FN3O3.C12H16.C8H19N/c27-23-12-5-4-11-21(23)24-22(17-28-26(29-24)30-13-15-33-16-14-30)25(32)31(20-9-6-10-20)18-19-7-2-1-3-8-19;16-12-4-2-1-3-10(12)13-11(14(20)21)9-17-15(18-13)19-5-7-22-8-6-19;1-2-5-11(6-3-1)9-10-12-7-4-8-12;1-6-9(7(2)3)8(4)5/h1-5,7-8,11-12,17,20H,6,9-10,13-16,18H2;1-4,9H,5-8H2,(H,20,21);1-3,5-6,12H,4,7-10H2;7-8H,6H2,1-5H3. The van der Waals surface area contributed by atoms with Crippen molar-refractivity contribution in [1.29, 1.82) is 0 Å². The number of carbonyl (C=O) groups excluding carboxylic acids is 1. The summed E-state index contributed by atoms with van der Waals surface area (Å²) < 4.78 is 39.6. The molecule has 6 aromatic rings. The summed E-state index contributed by atoms with van der Waals surface area (Å²) in [7, 11) is 0. The Morgan fingerprint density at radius 2 is 1.08 bits per heavy atom. The Bertz CT molecular complexity index is 2720. The molecule has 10 rings (SSSR count). The zero-order valence-corrected chi connectivity index (χ0v) is 45.0. The molecule has 2 aliphatic carbocycles. The van der Waals surface area contributed by atoms with Crippen LogP contribution in [0.2, 0.25) is 0 Å². The van der Waals surface area contributed by atoms with Gasteiger partial charge in [-0.2, -0.15) is 0 Å². The lowest BCUT2D eigenvalue weighted by Gasteiger charge is -2.38. The maximum absolute atomic E-state index is 14.9. The number of rotatable bonds is 15. The molecule has 404 valence electrons. The van der Waals surface area contributed by atoms with Crippen LogP contribution in [-0.2, 0) is 22.4 Å². The molecular formula is C61H76F2N8O5. The van der Waals surface area contributed by atoms with Crippen molar-refractivity contribution in [2.45, 2.75) is 111 Å². The van der Waals surface area contributed by atoms with E-state index in [-0.39, 0.29) is 28.8 Å². The van der Waals surface area contributed by atoms with E-state index in [2.05, 4.69) is 84.8 Å². The summed E-state index contributed by atoms with van der Waals surface area (Å²) >= 11 is 0. The van der Waals surface area contributed by atoms with Crippen LogP contribution < -0.4 is 9.80 Å². The third-order valence-electron chi connectivity index (χ3n) is 14.4. The largest absolute Gasteiger partial charge is 0.478 e. The maximum atomic E-state index is 14.9. The smallest absolute Gasteiger partial charge is 0.339 e. The topological polar surface area (TPSA) is 137 Å². The minimum absolute atomic E-state index is 0.0853. The molecule has 0 spiro atoms. The number of nitrogens with zero attached hydrogens (tertiary/aromatic N) is 8. The van der Waals surface area contributed by atoms with Gasteiger partial charge in [-0.05, 0) is 108 Å². The second-order valence-corrected chi connectivity index (χ2v) is 20.2. The number of aromatic nitrogens is 4. The summed E-state index contributed by atoms with van der Waals surface area (Å²) in [6, 6.07) is 34.8. The Labute approximate surface area is 448 Å². The van der Waals surface area contributed by atoms with E-state index in [1.54, 1.807) is 36.5 Å². The van der Waals surface area contributed by atoms with Crippen LogP contribution in [0, 0.1) is 17.6 Å².